The molecule has 0 aliphatic carbocycles. The smallest absolute Gasteiger partial charge is 0.177 e. The van der Waals surface area contributed by atoms with Crippen LogP contribution in [0.15, 0.2) is 0 Å². The second kappa shape index (κ2) is 5.52. The highest BCUT2D eigenvalue weighted by Crippen LogP contribution is 2.12. The summed E-state index contributed by atoms with van der Waals surface area (Å²) in [5, 5.41) is 0. The number of nitrogens with one attached hydrogen (secondary N) is 1. The van der Waals surface area contributed by atoms with Crippen LogP contribution in [0.25, 0.3) is 0 Å². The molecule has 0 amide bonds. The van der Waals surface area contributed by atoms with Gasteiger partial charge in [0.2, 0.25) is 0 Å². The fraction of sp³-hybridized carbons (Fsp3) is 1.00. The molecule has 1 aliphatic rings. The number of hydroxylamine groups is 1. The van der Waals surface area contributed by atoms with Crippen LogP contribution in [-0.4, -0.2) is 19.4 Å². The molecule has 1 unspecified atom stereocenters. The Hall–Kier alpha value is -0.120. The predicted molar refractivity (Wildman–Crippen MR) is 43.0 cm³/mol. The van der Waals surface area contributed by atoms with Crippen molar-refractivity contribution >= 4 is 0 Å². The van der Waals surface area contributed by atoms with Crippen LogP contribution >= 0.6 is 0 Å². The standard InChI is InChI=1S/C8H17NO2/c1-2-6-9-11-8-5-3-4-7-10-8/h8-9H,2-7H2,1H3. The molecule has 0 aromatic rings. The summed E-state index contributed by atoms with van der Waals surface area (Å²) >= 11 is 0. The van der Waals surface area contributed by atoms with Crippen molar-refractivity contribution in [3.05, 3.63) is 0 Å². The van der Waals surface area contributed by atoms with Crippen molar-refractivity contribution in [1.29, 1.82) is 0 Å². The molecule has 3 heteroatoms. The molecule has 0 spiro atoms. The highest BCUT2D eigenvalue weighted by atomic mass is 16.8. The molecule has 1 N–H and O–H groups in total. The lowest BCUT2D eigenvalue weighted by Crippen LogP contribution is -2.29. The van der Waals surface area contributed by atoms with Gasteiger partial charge in [-0.2, -0.15) is 5.48 Å². The van der Waals surface area contributed by atoms with Gasteiger partial charge in [0.15, 0.2) is 6.29 Å². The van der Waals surface area contributed by atoms with Crippen molar-refractivity contribution < 1.29 is 9.57 Å². The summed E-state index contributed by atoms with van der Waals surface area (Å²) in [6.45, 7) is 3.86. The van der Waals surface area contributed by atoms with Crippen LogP contribution in [0.1, 0.15) is 32.6 Å². The Morgan fingerprint density at radius 3 is 3.09 bits per heavy atom. The fourth-order valence-corrected chi connectivity index (χ4v) is 1.06. The van der Waals surface area contributed by atoms with Crippen molar-refractivity contribution in [3.63, 3.8) is 0 Å². The zero-order valence-electron chi connectivity index (χ0n) is 7.14. The number of rotatable bonds is 4. The molecule has 0 saturated carbocycles. The van der Waals surface area contributed by atoms with Gasteiger partial charge < -0.3 is 4.74 Å². The van der Waals surface area contributed by atoms with E-state index in [9.17, 15) is 0 Å². The third-order valence-electron chi connectivity index (χ3n) is 1.70. The summed E-state index contributed by atoms with van der Waals surface area (Å²) in [5.41, 5.74) is 2.88. The molecular formula is C8H17NO2. The maximum Gasteiger partial charge on any atom is 0.177 e. The van der Waals surface area contributed by atoms with Crippen molar-refractivity contribution in [1.82, 2.24) is 5.48 Å². The third-order valence-corrected chi connectivity index (χ3v) is 1.70. The number of hydrogen-bond acceptors (Lipinski definition) is 3. The second-order valence-electron chi connectivity index (χ2n) is 2.81. The van der Waals surface area contributed by atoms with Crippen LogP contribution in [0, 0.1) is 0 Å². The Kier molecular flexibility index (Phi) is 4.50. The summed E-state index contributed by atoms with van der Waals surface area (Å²) < 4.78 is 5.34. The van der Waals surface area contributed by atoms with E-state index < -0.39 is 0 Å². The molecule has 0 radical (unpaired) electrons. The Labute approximate surface area is 68.0 Å². The van der Waals surface area contributed by atoms with E-state index in [0.29, 0.717) is 0 Å². The van der Waals surface area contributed by atoms with E-state index in [1.54, 1.807) is 0 Å². The van der Waals surface area contributed by atoms with E-state index in [1.807, 2.05) is 0 Å². The molecule has 3 nitrogen and oxygen atoms in total. The fourth-order valence-electron chi connectivity index (χ4n) is 1.06. The highest BCUT2D eigenvalue weighted by Gasteiger charge is 2.13. The Morgan fingerprint density at radius 2 is 2.45 bits per heavy atom. The van der Waals surface area contributed by atoms with Crippen LogP contribution in [0.5, 0.6) is 0 Å². The van der Waals surface area contributed by atoms with Crippen molar-refractivity contribution in [2.75, 3.05) is 13.2 Å². The van der Waals surface area contributed by atoms with Crippen LogP contribution < -0.4 is 5.48 Å². The first-order chi connectivity index (χ1) is 5.43. The van der Waals surface area contributed by atoms with Crippen molar-refractivity contribution in [3.8, 4) is 0 Å². The van der Waals surface area contributed by atoms with Gasteiger partial charge in [-0.3, -0.25) is 4.84 Å². The van der Waals surface area contributed by atoms with Gasteiger partial charge in [0.05, 0.1) is 0 Å². The van der Waals surface area contributed by atoms with Gasteiger partial charge >= 0.3 is 0 Å². The molecule has 1 rings (SSSR count). The summed E-state index contributed by atoms with van der Waals surface area (Å²) in [5.74, 6) is 0. The number of ether oxygens (including phenoxy) is 1. The van der Waals surface area contributed by atoms with E-state index in [4.69, 9.17) is 9.57 Å². The van der Waals surface area contributed by atoms with Crippen molar-refractivity contribution in [2.24, 2.45) is 0 Å². The Bertz CT molecular complexity index is 92.1. The van der Waals surface area contributed by atoms with Gasteiger partial charge in [-0.15, -0.1) is 0 Å². The lowest BCUT2D eigenvalue weighted by atomic mass is 10.2. The lowest BCUT2D eigenvalue weighted by molar-refractivity contribution is -0.196. The minimum absolute atomic E-state index is 0.00435. The molecule has 1 saturated heterocycles. The van der Waals surface area contributed by atoms with Crippen molar-refractivity contribution in [2.45, 2.75) is 38.9 Å². The maximum atomic E-state index is 5.34. The Balaban J connectivity index is 1.96. The summed E-state index contributed by atoms with van der Waals surface area (Å²) in [6.07, 6.45) is 4.51. The average molecular weight is 159 g/mol. The van der Waals surface area contributed by atoms with Gasteiger partial charge in [0.1, 0.15) is 0 Å². The van der Waals surface area contributed by atoms with Crippen LogP contribution in [0.3, 0.4) is 0 Å². The SMILES string of the molecule is CCCNOC1CCCCO1. The molecule has 1 aliphatic heterocycles. The molecule has 11 heavy (non-hydrogen) atoms. The van der Waals surface area contributed by atoms with E-state index in [0.717, 1.165) is 26.0 Å². The molecule has 0 aromatic heterocycles. The molecule has 1 atom stereocenters. The summed E-state index contributed by atoms with van der Waals surface area (Å²) in [7, 11) is 0. The van der Waals surface area contributed by atoms with E-state index >= 15 is 0 Å². The minimum atomic E-state index is -0.00435. The maximum absolute atomic E-state index is 5.34. The summed E-state index contributed by atoms with van der Waals surface area (Å²) in [6, 6.07) is 0. The van der Waals surface area contributed by atoms with Gasteiger partial charge in [0.25, 0.3) is 0 Å². The van der Waals surface area contributed by atoms with Gasteiger partial charge in [-0.05, 0) is 19.3 Å². The van der Waals surface area contributed by atoms with Crippen LogP contribution in [0.4, 0.5) is 0 Å². The molecule has 0 aromatic carbocycles. The quantitative estimate of drug-likeness (QED) is 0.497. The van der Waals surface area contributed by atoms with Gasteiger partial charge in [-0.25, -0.2) is 0 Å². The first kappa shape index (κ1) is 8.97. The summed E-state index contributed by atoms with van der Waals surface area (Å²) in [4.78, 5) is 5.25. The van der Waals surface area contributed by atoms with Gasteiger partial charge in [-0.1, -0.05) is 6.92 Å². The topological polar surface area (TPSA) is 30.5 Å². The molecule has 0 bridgehead atoms. The lowest BCUT2D eigenvalue weighted by Gasteiger charge is -2.22. The molecule has 1 fully saturated rings. The van der Waals surface area contributed by atoms with Crippen LogP contribution in [-0.2, 0) is 9.57 Å². The Morgan fingerprint density at radius 1 is 1.55 bits per heavy atom. The van der Waals surface area contributed by atoms with E-state index in [2.05, 4.69) is 12.4 Å². The van der Waals surface area contributed by atoms with E-state index in [-0.39, 0.29) is 6.29 Å². The molecule has 1 heterocycles. The van der Waals surface area contributed by atoms with Crippen LogP contribution in [0.2, 0.25) is 0 Å². The largest absolute Gasteiger partial charge is 0.351 e. The predicted octanol–water partition coefficient (Wildman–Crippen LogP) is 1.44. The average Bonchev–Trinajstić information content (AvgIpc) is 2.07. The number of hydrogen-bond donors (Lipinski definition) is 1. The minimum Gasteiger partial charge on any atom is -0.351 e. The van der Waals surface area contributed by atoms with Gasteiger partial charge in [0, 0.05) is 19.6 Å². The zero-order valence-corrected chi connectivity index (χ0v) is 7.14. The molecule has 66 valence electrons. The second-order valence-corrected chi connectivity index (χ2v) is 2.81. The van der Waals surface area contributed by atoms with E-state index in [1.165, 1.54) is 12.8 Å². The highest BCUT2D eigenvalue weighted by molar-refractivity contribution is 4.52. The normalized spacial score (nSPS) is 25.4. The monoisotopic (exact) mass is 159 g/mol. The third kappa shape index (κ3) is 3.70. The first-order valence-corrected chi connectivity index (χ1v) is 4.43. The zero-order chi connectivity index (χ0) is 7.94. The molecular weight excluding hydrogens is 142 g/mol. The first-order valence-electron chi connectivity index (χ1n) is 4.43.